The van der Waals surface area contributed by atoms with Gasteiger partial charge in [-0.15, -0.1) is 0 Å². The van der Waals surface area contributed by atoms with Crippen LogP contribution < -0.4 is 5.32 Å². The van der Waals surface area contributed by atoms with Crippen LogP contribution in [0.2, 0.25) is 0 Å². The van der Waals surface area contributed by atoms with E-state index in [0.717, 1.165) is 58.5 Å². The van der Waals surface area contributed by atoms with E-state index in [1.807, 2.05) is 0 Å². The summed E-state index contributed by atoms with van der Waals surface area (Å²) in [7, 11) is 0. The van der Waals surface area contributed by atoms with Gasteiger partial charge in [0.25, 0.3) is 0 Å². The number of nitriles is 1. The molecule has 0 amide bonds. The summed E-state index contributed by atoms with van der Waals surface area (Å²) in [5.41, 5.74) is 0. The second kappa shape index (κ2) is 8.52. The standard InChI is InChI=1S/C15H26N2O2/c16-12-13-3-1-4-14(11-13)17-7-2-8-19-15-5-9-18-10-6-15/h13-15,17H,1-11H2. The molecule has 1 saturated heterocycles. The first-order valence-corrected chi connectivity index (χ1v) is 7.71. The molecule has 4 nitrogen and oxygen atoms in total. The van der Waals surface area contributed by atoms with Gasteiger partial charge in [0.2, 0.25) is 0 Å². The molecule has 0 bridgehead atoms. The molecule has 0 aromatic carbocycles. The first kappa shape index (κ1) is 14.8. The molecule has 2 rings (SSSR count). The quantitative estimate of drug-likeness (QED) is 0.749. The number of nitrogens with zero attached hydrogens (tertiary/aromatic N) is 1. The van der Waals surface area contributed by atoms with E-state index in [1.54, 1.807) is 0 Å². The molecule has 19 heavy (non-hydrogen) atoms. The summed E-state index contributed by atoms with van der Waals surface area (Å²) >= 11 is 0. The Morgan fingerprint density at radius 3 is 2.84 bits per heavy atom. The normalized spacial score (nSPS) is 29.0. The summed E-state index contributed by atoms with van der Waals surface area (Å²) < 4.78 is 11.2. The van der Waals surface area contributed by atoms with E-state index in [9.17, 15) is 0 Å². The van der Waals surface area contributed by atoms with Crippen molar-refractivity contribution >= 4 is 0 Å². The Balaban J connectivity index is 1.48. The average Bonchev–Trinajstić information content (AvgIpc) is 2.48. The van der Waals surface area contributed by atoms with Gasteiger partial charge in [0.15, 0.2) is 0 Å². The van der Waals surface area contributed by atoms with Crippen molar-refractivity contribution in [2.75, 3.05) is 26.4 Å². The summed E-state index contributed by atoms with van der Waals surface area (Å²) in [5, 5.41) is 12.5. The molecule has 4 heteroatoms. The molecule has 0 spiro atoms. The van der Waals surface area contributed by atoms with Gasteiger partial charge in [0.05, 0.1) is 12.2 Å². The zero-order chi connectivity index (χ0) is 13.3. The van der Waals surface area contributed by atoms with Crippen LogP contribution in [0.4, 0.5) is 0 Å². The third kappa shape index (κ3) is 5.48. The van der Waals surface area contributed by atoms with Crippen molar-refractivity contribution < 1.29 is 9.47 Å². The van der Waals surface area contributed by atoms with Gasteiger partial charge in [-0.2, -0.15) is 5.26 Å². The topological polar surface area (TPSA) is 54.3 Å². The summed E-state index contributed by atoms with van der Waals surface area (Å²) in [6, 6.07) is 2.94. The average molecular weight is 266 g/mol. The van der Waals surface area contributed by atoms with Crippen LogP contribution in [0.15, 0.2) is 0 Å². The number of hydrogen-bond donors (Lipinski definition) is 1. The van der Waals surface area contributed by atoms with Gasteiger partial charge < -0.3 is 14.8 Å². The zero-order valence-electron chi connectivity index (χ0n) is 11.8. The highest BCUT2D eigenvalue weighted by molar-refractivity contribution is 4.90. The highest BCUT2D eigenvalue weighted by Gasteiger charge is 2.20. The minimum absolute atomic E-state index is 0.268. The second-order valence-electron chi connectivity index (χ2n) is 5.68. The number of nitrogens with one attached hydrogen (secondary N) is 1. The molecule has 1 N–H and O–H groups in total. The number of hydrogen-bond acceptors (Lipinski definition) is 4. The molecule has 0 radical (unpaired) electrons. The van der Waals surface area contributed by atoms with E-state index < -0.39 is 0 Å². The Morgan fingerprint density at radius 1 is 1.21 bits per heavy atom. The highest BCUT2D eigenvalue weighted by atomic mass is 16.5. The van der Waals surface area contributed by atoms with Crippen molar-refractivity contribution in [2.45, 2.75) is 57.1 Å². The fourth-order valence-corrected chi connectivity index (χ4v) is 2.96. The molecule has 108 valence electrons. The first-order valence-electron chi connectivity index (χ1n) is 7.71. The zero-order valence-corrected chi connectivity index (χ0v) is 11.8. The van der Waals surface area contributed by atoms with E-state index in [1.165, 1.54) is 12.8 Å². The minimum atomic E-state index is 0.268. The molecule has 2 aliphatic rings. The third-order valence-electron chi connectivity index (χ3n) is 4.13. The molecule has 0 aromatic rings. The van der Waals surface area contributed by atoms with Gasteiger partial charge in [0.1, 0.15) is 0 Å². The predicted octanol–water partition coefficient (Wildman–Crippen LogP) is 2.24. The van der Waals surface area contributed by atoms with E-state index in [-0.39, 0.29) is 5.92 Å². The molecule has 2 unspecified atom stereocenters. The van der Waals surface area contributed by atoms with Gasteiger partial charge in [-0.25, -0.2) is 0 Å². The molecule has 1 saturated carbocycles. The van der Waals surface area contributed by atoms with Gasteiger partial charge >= 0.3 is 0 Å². The minimum Gasteiger partial charge on any atom is -0.381 e. The number of ether oxygens (including phenoxy) is 2. The van der Waals surface area contributed by atoms with Crippen LogP contribution in [-0.2, 0) is 9.47 Å². The lowest BCUT2D eigenvalue weighted by Gasteiger charge is -2.26. The van der Waals surface area contributed by atoms with E-state index in [4.69, 9.17) is 14.7 Å². The van der Waals surface area contributed by atoms with Crippen LogP contribution in [0.1, 0.15) is 44.9 Å². The van der Waals surface area contributed by atoms with Crippen molar-refractivity contribution in [3.05, 3.63) is 0 Å². The molecule has 1 aliphatic carbocycles. The Labute approximate surface area is 116 Å². The fraction of sp³-hybridized carbons (Fsp3) is 0.933. The Hall–Kier alpha value is -0.630. The molecular formula is C15H26N2O2. The van der Waals surface area contributed by atoms with E-state index in [0.29, 0.717) is 12.1 Å². The summed E-state index contributed by atoms with van der Waals surface area (Å²) in [6.07, 6.45) is 8.07. The van der Waals surface area contributed by atoms with Crippen LogP contribution in [-0.4, -0.2) is 38.5 Å². The van der Waals surface area contributed by atoms with Gasteiger partial charge in [0, 0.05) is 31.8 Å². The summed E-state index contributed by atoms with van der Waals surface area (Å²) in [6.45, 7) is 3.54. The monoisotopic (exact) mass is 266 g/mol. The third-order valence-corrected chi connectivity index (χ3v) is 4.13. The maximum absolute atomic E-state index is 8.95. The molecule has 2 atom stereocenters. The molecule has 1 heterocycles. The largest absolute Gasteiger partial charge is 0.381 e. The van der Waals surface area contributed by atoms with Gasteiger partial charge in [-0.1, -0.05) is 6.42 Å². The highest BCUT2D eigenvalue weighted by Crippen LogP contribution is 2.23. The SMILES string of the molecule is N#CC1CCCC(NCCCOC2CCOCC2)C1. The summed E-state index contributed by atoms with van der Waals surface area (Å²) in [4.78, 5) is 0. The molecular weight excluding hydrogens is 240 g/mol. The van der Waals surface area contributed by atoms with Crippen LogP contribution in [0.5, 0.6) is 0 Å². The van der Waals surface area contributed by atoms with Crippen LogP contribution in [0.3, 0.4) is 0 Å². The van der Waals surface area contributed by atoms with Crippen molar-refractivity contribution in [3.63, 3.8) is 0 Å². The van der Waals surface area contributed by atoms with Crippen molar-refractivity contribution in [3.8, 4) is 6.07 Å². The van der Waals surface area contributed by atoms with E-state index in [2.05, 4.69) is 11.4 Å². The van der Waals surface area contributed by atoms with Crippen LogP contribution in [0, 0.1) is 17.2 Å². The van der Waals surface area contributed by atoms with Crippen LogP contribution >= 0.6 is 0 Å². The van der Waals surface area contributed by atoms with Crippen molar-refractivity contribution in [1.29, 1.82) is 5.26 Å². The molecule has 0 aromatic heterocycles. The second-order valence-corrected chi connectivity index (χ2v) is 5.68. The lowest BCUT2D eigenvalue weighted by atomic mass is 9.87. The smallest absolute Gasteiger partial charge is 0.0656 e. The van der Waals surface area contributed by atoms with Gasteiger partial charge in [-0.05, 0) is 45.1 Å². The molecule has 1 aliphatic heterocycles. The van der Waals surface area contributed by atoms with Crippen molar-refractivity contribution in [1.82, 2.24) is 5.32 Å². The lowest BCUT2D eigenvalue weighted by Crippen LogP contribution is -2.35. The number of rotatable bonds is 6. The summed E-state index contributed by atoms with van der Waals surface area (Å²) in [5.74, 6) is 0.268. The Kier molecular flexibility index (Phi) is 6.63. The van der Waals surface area contributed by atoms with E-state index >= 15 is 0 Å². The maximum Gasteiger partial charge on any atom is 0.0656 e. The first-order chi connectivity index (χ1) is 9.38. The maximum atomic E-state index is 8.95. The molecule has 2 fully saturated rings. The van der Waals surface area contributed by atoms with Crippen LogP contribution in [0.25, 0.3) is 0 Å². The van der Waals surface area contributed by atoms with Crippen molar-refractivity contribution in [2.24, 2.45) is 5.92 Å². The predicted molar refractivity (Wildman–Crippen MR) is 73.8 cm³/mol. The Bertz CT molecular complexity index is 284. The lowest BCUT2D eigenvalue weighted by molar-refractivity contribution is -0.0323. The fourth-order valence-electron chi connectivity index (χ4n) is 2.96. The Morgan fingerprint density at radius 2 is 2.05 bits per heavy atom. The van der Waals surface area contributed by atoms with Gasteiger partial charge in [-0.3, -0.25) is 0 Å².